The standard InChI is InChI=1S/C17H28N2O3S/c20-17-8-5-14-11-18(10-9-16(14)19(17)15-6-7-15)23(21,22)12-13-3-1-2-4-13/h13-16H,1-12H2/t14-,16+/m1/s1. The molecule has 4 rings (SSSR count). The lowest BCUT2D eigenvalue weighted by atomic mass is 9.84. The molecule has 0 unspecified atom stereocenters. The van der Waals surface area contributed by atoms with E-state index in [9.17, 15) is 13.2 Å². The molecule has 2 heterocycles. The molecule has 0 aromatic rings. The third-order valence-corrected chi connectivity index (χ3v) is 8.30. The SMILES string of the molecule is O=C1CC[C@@H]2CN(S(=O)(=O)CC3CCCC3)CC[C@@H]2N1C1CC1. The summed E-state index contributed by atoms with van der Waals surface area (Å²) in [7, 11) is -3.12. The summed E-state index contributed by atoms with van der Waals surface area (Å²) in [6.45, 7) is 1.24. The van der Waals surface area contributed by atoms with Crippen LogP contribution in [0.2, 0.25) is 0 Å². The normalized spacial score (nSPS) is 33.9. The molecule has 0 aromatic heterocycles. The van der Waals surface area contributed by atoms with E-state index >= 15 is 0 Å². The van der Waals surface area contributed by atoms with Crippen molar-refractivity contribution in [1.82, 2.24) is 9.21 Å². The maximum Gasteiger partial charge on any atom is 0.223 e. The van der Waals surface area contributed by atoms with Gasteiger partial charge < -0.3 is 4.90 Å². The van der Waals surface area contributed by atoms with Gasteiger partial charge in [-0.1, -0.05) is 12.8 Å². The van der Waals surface area contributed by atoms with Gasteiger partial charge in [-0.2, -0.15) is 0 Å². The molecule has 130 valence electrons. The molecule has 0 bridgehead atoms. The van der Waals surface area contributed by atoms with Gasteiger partial charge in [-0.15, -0.1) is 0 Å². The van der Waals surface area contributed by atoms with Crippen molar-refractivity contribution < 1.29 is 13.2 Å². The number of likely N-dealkylation sites (tertiary alicyclic amines) is 1. The molecule has 2 saturated carbocycles. The molecule has 6 heteroatoms. The van der Waals surface area contributed by atoms with Crippen molar-refractivity contribution in [1.29, 1.82) is 0 Å². The van der Waals surface area contributed by atoms with Crippen molar-refractivity contribution in [3.8, 4) is 0 Å². The predicted octanol–water partition coefficient (Wildman–Crippen LogP) is 1.98. The van der Waals surface area contributed by atoms with Crippen molar-refractivity contribution in [3.05, 3.63) is 0 Å². The Kier molecular flexibility index (Phi) is 4.16. The first-order chi connectivity index (χ1) is 11.0. The number of carbonyl (C=O) groups excluding carboxylic acids is 1. The second-order valence-electron chi connectivity index (χ2n) is 7.97. The van der Waals surface area contributed by atoms with E-state index in [0.29, 0.717) is 55.1 Å². The molecule has 0 N–H and O–H groups in total. The first-order valence-corrected chi connectivity index (χ1v) is 10.9. The molecule has 0 aromatic carbocycles. The minimum Gasteiger partial charge on any atom is -0.336 e. The van der Waals surface area contributed by atoms with Crippen LogP contribution in [0.3, 0.4) is 0 Å². The van der Waals surface area contributed by atoms with E-state index in [1.54, 1.807) is 4.31 Å². The first kappa shape index (κ1) is 15.9. The van der Waals surface area contributed by atoms with Gasteiger partial charge in [0.15, 0.2) is 0 Å². The van der Waals surface area contributed by atoms with Crippen LogP contribution < -0.4 is 0 Å². The highest BCUT2D eigenvalue weighted by molar-refractivity contribution is 7.89. The lowest BCUT2D eigenvalue weighted by molar-refractivity contribution is -0.141. The average molecular weight is 340 g/mol. The Morgan fingerprint density at radius 1 is 1.00 bits per heavy atom. The number of nitrogens with zero attached hydrogens (tertiary/aromatic N) is 2. The monoisotopic (exact) mass is 340 g/mol. The number of hydrogen-bond donors (Lipinski definition) is 0. The number of fused-ring (bicyclic) bond motifs is 1. The largest absolute Gasteiger partial charge is 0.336 e. The van der Waals surface area contributed by atoms with Crippen molar-refractivity contribution in [2.75, 3.05) is 18.8 Å². The van der Waals surface area contributed by atoms with Gasteiger partial charge in [-0.3, -0.25) is 4.79 Å². The van der Waals surface area contributed by atoms with Crippen LogP contribution in [-0.4, -0.2) is 54.5 Å². The van der Waals surface area contributed by atoms with Gasteiger partial charge in [0.05, 0.1) is 5.75 Å². The van der Waals surface area contributed by atoms with Crippen LogP contribution in [0.25, 0.3) is 0 Å². The summed E-state index contributed by atoms with van der Waals surface area (Å²) in [5.74, 6) is 1.36. The zero-order chi connectivity index (χ0) is 16.0. The Hall–Kier alpha value is -0.620. The minimum atomic E-state index is -3.12. The lowest BCUT2D eigenvalue weighted by Crippen LogP contribution is -2.57. The molecule has 0 radical (unpaired) electrons. The van der Waals surface area contributed by atoms with E-state index in [4.69, 9.17) is 0 Å². The topological polar surface area (TPSA) is 57.7 Å². The zero-order valence-electron chi connectivity index (χ0n) is 13.8. The number of piperidine rings is 2. The van der Waals surface area contributed by atoms with Gasteiger partial charge in [-0.05, 0) is 50.4 Å². The number of sulfonamides is 1. The molecule has 2 aliphatic carbocycles. The number of carbonyl (C=O) groups is 1. The fraction of sp³-hybridized carbons (Fsp3) is 0.941. The van der Waals surface area contributed by atoms with E-state index in [1.165, 1.54) is 12.8 Å². The highest BCUT2D eigenvalue weighted by atomic mass is 32.2. The Morgan fingerprint density at radius 2 is 1.74 bits per heavy atom. The van der Waals surface area contributed by atoms with E-state index < -0.39 is 10.0 Å². The van der Waals surface area contributed by atoms with Crippen molar-refractivity contribution in [2.45, 2.75) is 69.9 Å². The van der Waals surface area contributed by atoms with Gasteiger partial charge in [0.25, 0.3) is 0 Å². The van der Waals surface area contributed by atoms with Crippen molar-refractivity contribution in [2.24, 2.45) is 11.8 Å². The number of rotatable bonds is 4. The molecule has 2 aliphatic heterocycles. The fourth-order valence-corrected chi connectivity index (χ4v) is 6.86. The van der Waals surface area contributed by atoms with Gasteiger partial charge >= 0.3 is 0 Å². The second kappa shape index (κ2) is 6.03. The predicted molar refractivity (Wildman–Crippen MR) is 88.3 cm³/mol. The molecule has 0 spiro atoms. The summed E-state index contributed by atoms with van der Waals surface area (Å²) in [6, 6.07) is 0.749. The van der Waals surface area contributed by atoms with Crippen LogP contribution in [0.1, 0.15) is 57.8 Å². The molecular formula is C17H28N2O3S. The van der Waals surface area contributed by atoms with Gasteiger partial charge in [0, 0.05) is 31.6 Å². The summed E-state index contributed by atoms with van der Waals surface area (Å²) in [5, 5.41) is 0. The highest BCUT2D eigenvalue weighted by Crippen LogP contribution is 2.39. The summed E-state index contributed by atoms with van der Waals surface area (Å²) in [6.07, 6.45) is 9.09. The Labute approximate surface area is 139 Å². The molecule has 4 fully saturated rings. The third kappa shape index (κ3) is 3.16. The van der Waals surface area contributed by atoms with E-state index in [-0.39, 0.29) is 0 Å². The second-order valence-corrected chi connectivity index (χ2v) is 9.99. The molecular weight excluding hydrogens is 312 g/mol. The molecule has 5 nitrogen and oxygen atoms in total. The maximum absolute atomic E-state index is 12.8. The Bertz CT molecular complexity index is 566. The molecule has 2 saturated heterocycles. The number of amides is 1. The molecule has 2 atom stereocenters. The van der Waals surface area contributed by atoms with E-state index in [0.717, 1.165) is 38.5 Å². The average Bonchev–Trinajstić information content (AvgIpc) is 3.23. The zero-order valence-corrected chi connectivity index (χ0v) is 14.6. The van der Waals surface area contributed by atoms with Crippen LogP contribution >= 0.6 is 0 Å². The van der Waals surface area contributed by atoms with Crippen LogP contribution in [0, 0.1) is 11.8 Å². The van der Waals surface area contributed by atoms with Crippen LogP contribution in [0.5, 0.6) is 0 Å². The van der Waals surface area contributed by atoms with E-state index in [1.807, 2.05) is 0 Å². The molecule has 23 heavy (non-hydrogen) atoms. The third-order valence-electron chi connectivity index (χ3n) is 6.29. The lowest BCUT2D eigenvalue weighted by Gasteiger charge is -2.47. The van der Waals surface area contributed by atoms with Crippen LogP contribution in [-0.2, 0) is 14.8 Å². The molecule has 4 aliphatic rings. The van der Waals surface area contributed by atoms with E-state index in [2.05, 4.69) is 4.90 Å². The smallest absolute Gasteiger partial charge is 0.223 e. The van der Waals surface area contributed by atoms with Crippen LogP contribution in [0.15, 0.2) is 0 Å². The maximum atomic E-state index is 12.8. The fourth-order valence-electron chi connectivity index (χ4n) is 4.92. The Balaban J connectivity index is 1.43. The summed E-state index contributed by atoms with van der Waals surface area (Å²) < 4.78 is 27.3. The summed E-state index contributed by atoms with van der Waals surface area (Å²) >= 11 is 0. The van der Waals surface area contributed by atoms with Crippen molar-refractivity contribution >= 4 is 15.9 Å². The highest BCUT2D eigenvalue weighted by Gasteiger charge is 2.46. The quantitative estimate of drug-likeness (QED) is 0.786. The van der Waals surface area contributed by atoms with Crippen molar-refractivity contribution in [3.63, 3.8) is 0 Å². The number of hydrogen-bond acceptors (Lipinski definition) is 3. The summed E-state index contributed by atoms with van der Waals surface area (Å²) in [4.78, 5) is 14.4. The minimum absolute atomic E-state index is 0.293. The van der Waals surface area contributed by atoms with Crippen LogP contribution in [0.4, 0.5) is 0 Å². The van der Waals surface area contributed by atoms with Gasteiger partial charge in [-0.25, -0.2) is 12.7 Å². The molecule has 1 amide bonds. The summed E-state index contributed by atoms with van der Waals surface area (Å²) in [5.41, 5.74) is 0. The van der Waals surface area contributed by atoms with Gasteiger partial charge in [0.1, 0.15) is 0 Å². The Morgan fingerprint density at radius 3 is 2.43 bits per heavy atom. The van der Waals surface area contributed by atoms with Gasteiger partial charge in [0.2, 0.25) is 15.9 Å². The first-order valence-electron chi connectivity index (χ1n) is 9.33.